The van der Waals surface area contributed by atoms with Gasteiger partial charge in [-0.2, -0.15) is 5.10 Å². The topological polar surface area (TPSA) is 73.0 Å². The van der Waals surface area contributed by atoms with Crippen molar-refractivity contribution in [3.63, 3.8) is 0 Å². The van der Waals surface area contributed by atoms with E-state index in [0.717, 1.165) is 24.2 Å². The van der Waals surface area contributed by atoms with Gasteiger partial charge < -0.3 is 5.32 Å². The number of hydrogen-bond donors (Lipinski definition) is 1. The molecule has 1 heterocycles. The standard InChI is InChI=1S/C13H16N4O2/c1-11-12(4-2-5-13(11)17(18)19)10-14-7-9-16-8-3-6-15-16/h2-6,8,14H,7,9-10H2,1H3. The van der Waals surface area contributed by atoms with Crippen molar-refractivity contribution in [3.05, 3.63) is 57.9 Å². The molecule has 0 aliphatic carbocycles. The fourth-order valence-electron chi connectivity index (χ4n) is 1.91. The Labute approximate surface area is 111 Å². The molecule has 1 N–H and O–H groups in total. The number of nitro groups is 1. The smallest absolute Gasteiger partial charge is 0.272 e. The fourth-order valence-corrected chi connectivity index (χ4v) is 1.91. The van der Waals surface area contributed by atoms with Crippen molar-refractivity contribution in [1.82, 2.24) is 15.1 Å². The Bertz CT molecular complexity index is 552. The summed E-state index contributed by atoms with van der Waals surface area (Å²) in [5.74, 6) is 0. The first-order chi connectivity index (χ1) is 9.18. The van der Waals surface area contributed by atoms with E-state index >= 15 is 0 Å². The van der Waals surface area contributed by atoms with Crippen LogP contribution in [-0.2, 0) is 13.1 Å². The van der Waals surface area contributed by atoms with Crippen molar-refractivity contribution < 1.29 is 4.92 Å². The molecule has 0 radical (unpaired) electrons. The average Bonchev–Trinajstić information content (AvgIpc) is 2.89. The van der Waals surface area contributed by atoms with Crippen LogP contribution in [0.4, 0.5) is 5.69 Å². The molecule has 0 bridgehead atoms. The van der Waals surface area contributed by atoms with E-state index in [1.165, 1.54) is 6.07 Å². The lowest BCUT2D eigenvalue weighted by Crippen LogP contribution is -2.20. The Morgan fingerprint density at radius 3 is 2.95 bits per heavy atom. The lowest BCUT2D eigenvalue weighted by Gasteiger charge is -2.08. The lowest BCUT2D eigenvalue weighted by molar-refractivity contribution is -0.385. The van der Waals surface area contributed by atoms with Crippen LogP contribution >= 0.6 is 0 Å². The van der Waals surface area contributed by atoms with Gasteiger partial charge in [0.2, 0.25) is 0 Å². The molecule has 19 heavy (non-hydrogen) atoms. The van der Waals surface area contributed by atoms with Crippen molar-refractivity contribution in [2.75, 3.05) is 6.54 Å². The van der Waals surface area contributed by atoms with E-state index in [-0.39, 0.29) is 10.6 Å². The number of aromatic nitrogens is 2. The van der Waals surface area contributed by atoms with E-state index in [4.69, 9.17) is 0 Å². The minimum Gasteiger partial charge on any atom is -0.311 e. The monoisotopic (exact) mass is 260 g/mol. The summed E-state index contributed by atoms with van der Waals surface area (Å²) in [7, 11) is 0. The summed E-state index contributed by atoms with van der Waals surface area (Å²) in [5, 5.41) is 18.2. The Hall–Kier alpha value is -2.21. The van der Waals surface area contributed by atoms with Gasteiger partial charge in [0.15, 0.2) is 0 Å². The van der Waals surface area contributed by atoms with Gasteiger partial charge in [-0.3, -0.25) is 14.8 Å². The second-order valence-electron chi connectivity index (χ2n) is 4.26. The van der Waals surface area contributed by atoms with Gasteiger partial charge in [0.1, 0.15) is 0 Å². The molecule has 0 saturated carbocycles. The molecule has 0 unspecified atom stereocenters. The molecule has 2 aromatic rings. The van der Waals surface area contributed by atoms with E-state index in [0.29, 0.717) is 6.54 Å². The van der Waals surface area contributed by atoms with Crippen LogP contribution in [0.2, 0.25) is 0 Å². The van der Waals surface area contributed by atoms with Crippen LogP contribution < -0.4 is 5.32 Å². The zero-order valence-corrected chi connectivity index (χ0v) is 10.7. The summed E-state index contributed by atoms with van der Waals surface area (Å²) < 4.78 is 1.84. The van der Waals surface area contributed by atoms with Crippen LogP contribution in [0.5, 0.6) is 0 Å². The van der Waals surface area contributed by atoms with E-state index in [1.54, 1.807) is 19.2 Å². The average molecular weight is 260 g/mol. The van der Waals surface area contributed by atoms with E-state index in [2.05, 4.69) is 10.4 Å². The second kappa shape index (κ2) is 6.10. The van der Waals surface area contributed by atoms with Gasteiger partial charge in [-0.05, 0) is 18.6 Å². The summed E-state index contributed by atoms with van der Waals surface area (Å²) in [6.07, 6.45) is 3.64. The van der Waals surface area contributed by atoms with Gasteiger partial charge in [0.05, 0.1) is 11.5 Å². The number of rotatable bonds is 6. The predicted molar refractivity (Wildman–Crippen MR) is 71.8 cm³/mol. The van der Waals surface area contributed by atoms with Crippen molar-refractivity contribution in [2.24, 2.45) is 0 Å². The molecule has 6 heteroatoms. The lowest BCUT2D eigenvalue weighted by atomic mass is 10.1. The van der Waals surface area contributed by atoms with Gasteiger partial charge in [0.25, 0.3) is 5.69 Å². The highest BCUT2D eigenvalue weighted by Crippen LogP contribution is 2.20. The first-order valence-electron chi connectivity index (χ1n) is 6.09. The largest absolute Gasteiger partial charge is 0.311 e. The predicted octanol–water partition coefficient (Wildman–Crippen LogP) is 1.89. The summed E-state index contributed by atoms with van der Waals surface area (Å²) in [5.41, 5.74) is 1.85. The number of nitro benzene ring substituents is 1. The van der Waals surface area contributed by atoms with Gasteiger partial charge in [-0.1, -0.05) is 12.1 Å². The zero-order valence-electron chi connectivity index (χ0n) is 10.7. The number of nitrogens with zero attached hydrogens (tertiary/aromatic N) is 3. The van der Waals surface area contributed by atoms with Gasteiger partial charge >= 0.3 is 0 Å². The number of benzene rings is 1. The maximum absolute atomic E-state index is 10.8. The van der Waals surface area contributed by atoms with Crippen LogP contribution in [0.3, 0.4) is 0 Å². The maximum Gasteiger partial charge on any atom is 0.272 e. The van der Waals surface area contributed by atoms with Crippen LogP contribution in [0, 0.1) is 17.0 Å². The molecule has 0 spiro atoms. The fraction of sp³-hybridized carbons (Fsp3) is 0.308. The molecule has 0 fully saturated rings. The summed E-state index contributed by atoms with van der Waals surface area (Å²) in [6, 6.07) is 7.03. The van der Waals surface area contributed by atoms with Gasteiger partial charge in [0, 0.05) is 37.1 Å². The molecule has 0 saturated heterocycles. The summed E-state index contributed by atoms with van der Waals surface area (Å²) in [4.78, 5) is 10.5. The Balaban J connectivity index is 1.89. The minimum atomic E-state index is -0.345. The second-order valence-corrected chi connectivity index (χ2v) is 4.26. The first-order valence-corrected chi connectivity index (χ1v) is 6.09. The number of hydrogen-bond acceptors (Lipinski definition) is 4. The molecular formula is C13H16N4O2. The van der Waals surface area contributed by atoms with Gasteiger partial charge in [-0.25, -0.2) is 0 Å². The summed E-state index contributed by atoms with van der Waals surface area (Å²) >= 11 is 0. The summed E-state index contributed by atoms with van der Waals surface area (Å²) in [6.45, 7) is 3.95. The molecule has 1 aromatic heterocycles. The third-order valence-electron chi connectivity index (χ3n) is 3.01. The van der Waals surface area contributed by atoms with Crippen LogP contribution in [0.15, 0.2) is 36.7 Å². The van der Waals surface area contributed by atoms with Crippen LogP contribution in [0.25, 0.3) is 0 Å². The maximum atomic E-state index is 10.8. The molecule has 0 aliphatic heterocycles. The van der Waals surface area contributed by atoms with Crippen molar-refractivity contribution in [3.8, 4) is 0 Å². The van der Waals surface area contributed by atoms with Crippen molar-refractivity contribution >= 4 is 5.69 Å². The molecule has 2 rings (SSSR count). The van der Waals surface area contributed by atoms with Crippen molar-refractivity contribution in [2.45, 2.75) is 20.0 Å². The zero-order chi connectivity index (χ0) is 13.7. The van der Waals surface area contributed by atoms with Crippen LogP contribution in [0.1, 0.15) is 11.1 Å². The molecule has 1 aromatic carbocycles. The third kappa shape index (κ3) is 3.38. The van der Waals surface area contributed by atoms with E-state index in [9.17, 15) is 10.1 Å². The highest BCUT2D eigenvalue weighted by Gasteiger charge is 2.12. The van der Waals surface area contributed by atoms with Crippen molar-refractivity contribution in [1.29, 1.82) is 0 Å². The SMILES string of the molecule is Cc1c(CNCCn2cccn2)cccc1[N+](=O)[O-]. The van der Waals surface area contributed by atoms with Gasteiger partial charge in [-0.15, -0.1) is 0 Å². The van der Waals surface area contributed by atoms with E-state index < -0.39 is 0 Å². The molecular weight excluding hydrogens is 244 g/mol. The molecule has 0 amide bonds. The highest BCUT2D eigenvalue weighted by molar-refractivity contribution is 5.44. The Morgan fingerprint density at radius 2 is 2.26 bits per heavy atom. The normalized spacial score (nSPS) is 10.6. The minimum absolute atomic E-state index is 0.173. The highest BCUT2D eigenvalue weighted by atomic mass is 16.6. The quantitative estimate of drug-likeness (QED) is 0.489. The third-order valence-corrected chi connectivity index (χ3v) is 3.01. The molecule has 0 aliphatic rings. The Kier molecular flexibility index (Phi) is 4.25. The van der Waals surface area contributed by atoms with E-state index in [1.807, 2.05) is 23.0 Å². The molecule has 6 nitrogen and oxygen atoms in total. The van der Waals surface area contributed by atoms with Crippen LogP contribution in [-0.4, -0.2) is 21.2 Å². The molecule has 0 atom stereocenters. The Morgan fingerprint density at radius 1 is 1.42 bits per heavy atom. The first kappa shape index (κ1) is 13.2. The molecule has 100 valence electrons. The number of nitrogens with one attached hydrogen (secondary N) is 1.